The van der Waals surface area contributed by atoms with E-state index in [1.54, 1.807) is 0 Å². The van der Waals surface area contributed by atoms with Gasteiger partial charge in [0.15, 0.2) is 0 Å². The van der Waals surface area contributed by atoms with E-state index in [9.17, 15) is 0 Å². The molecule has 1 atom stereocenters. The summed E-state index contributed by atoms with van der Waals surface area (Å²) in [7, 11) is 2.21. The zero-order valence-electron chi connectivity index (χ0n) is 12.9. The highest BCUT2D eigenvalue weighted by molar-refractivity contribution is 5.29. The number of nitrogens with one attached hydrogen (secondary N) is 1. The van der Waals surface area contributed by atoms with Gasteiger partial charge in [0.25, 0.3) is 0 Å². The van der Waals surface area contributed by atoms with Gasteiger partial charge in [-0.1, -0.05) is 24.3 Å². The minimum Gasteiger partial charge on any atom is -0.308 e. The maximum absolute atomic E-state index is 3.64. The van der Waals surface area contributed by atoms with E-state index >= 15 is 0 Å². The van der Waals surface area contributed by atoms with Crippen molar-refractivity contribution in [1.82, 2.24) is 15.1 Å². The number of hydrogen-bond acceptors (Lipinski definition) is 3. The summed E-state index contributed by atoms with van der Waals surface area (Å²) in [5, 5.41) is 3.64. The first-order valence-corrected chi connectivity index (χ1v) is 7.91. The van der Waals surface area contributed by atoms with Crippen LogP contribution in [-0.4, -0.2) is 49.6 Å². The first kappa shape index (κ1) is 14.1. The molecule has 0 spiro atoms. The monoisotopic (exact) mass is 273 g/mol. The lowest BCUT2D eigenvalue weighted by Gasteiger charge is -2.32. The Hall–Kier alpha value is -0.900. The molecule has 1 N–H and O–H groups in total. The molecule has 0 radical (unpaired) electrons. The third-order valence-electron chi connectivity index (χ3n) is 4.96. The Bertz CT molecular complexity index is 426. The van der Waals surface area contributed by atoms with Gasteiger partial charge >= 0.3 is 0 Å². The number of benzene rings is 1. The lowest BCUT2D eigenvalue weighted by atomic mass is 9.90. The number of rotatable bonds is 3. The van der Waals surface area contributed by atoms with Crippen molar-refractivity contribution >= 4 is 0 Å². The minimum atomic E-state index is 0.201. The largest absolute Gasteiger partial charge is 0.308 e. The van der Waals surface area contributed by atoms with Crippen molar-refractivity contribution in [1.29, 1.82) is 0 Å². The lowest BCUT2D eigenvalue weighted by molar-refractivity contribution is 0.148. The third kappa shape index (κ3) is 3.05. The highest BCUT2D eigenvalue weighted by atomic mass is 15.2. The molecule has 1 unspecified atom stereocenters. The van der Waals surface area contributed by atoms with Gasteiger partial charge in [-0.15, -0.1) is 0 Å². The van der Waals surface area contributed by atoms with Gasteiger partial charge in [-0.2, -0.15) is 0 Å². The van der Waals surface area contributed by atoms with E-state index in [-0.39, 0.29) is 5.54 Å². The second kappa shape index (κ2) is 5.84. The van der Waals surface area contributed by atoms with Gasteiger partial charge in [0.2, 0.25) is 0 Å². The zero-order chi connectivity index (χ0) is 14.0. The van der Waals surface area contributed by atoms with E-state index in [4.69, 9.17) is 0 Å². The topological polar surface area (TPSA) is 18.5 Å². The van der Waals surface area contributed by atoms with Crippen LogP contribution in [0.2, 0.25) is 0 Å². The van der Waals surface area contributed by atoms with Crippen molar-refractivity contribution in [2.75, 3.05) is 39.8 Å². The predicted molar refractivity (Wildman–Crippen MR) is 83.8 cm³/mol. The molecule has 2 heterocycles. The van der Waals surface area contributed by atoms with E-state index in [1.807, 2.05) is 0 Å². The number of likely N-dealkylation sites (N-methyl/N-ethyl adjacent to an activating group) is 1. The van der Waals surface area contributed by atoms with Crippen molar-refractivity contribution in [3.8, 4) is 0 Å². The Morgan fingerprint density at radius 1 is 1.10 bits per heavy atom. The van der Waals surface area contributed by atoms with E-state index in [0.717, 1.165) is 13.1 Å². The number of nitrogens with zero attached hydrogens (tertiary/aromatic N) is 2. The van der Waals surface area contributed by atoms with Crippen LogP contribution < -0.4 is 5.32 Å². The molecule has 3 nitrogen and oxygen atoms in total. The maximum Gasteiger partial charge on any atom is 0.0406 e. The van der Waals surface area contributed by atoms with Crippen LogP contribution >= 0.6 is 0 Å². The second-order valence-electron chi connectivity index (χ2n) is 6.64. The molecule has 2 aliphatic heterocycles. The molecule has 20 heavy (non-hydrogen) atoms. The summed E-state index contributed by atoms with van der Waals surface area (Å²) >= 11 is 0. The molecule has 0 bridgehead atoms. The fourth-order valence-corrected chi connectivity index (χ4v) is 3.38. The molecule has 2 saturated heterocycles. The van der Waals surface area contributed by atoms with Crippen molar-refractivity contribution in [2.45, 2.75) is 31.8 Å². The first-order chi connectivity index (χ1) is 9.66. The minimum absolute atomic E-state index is 0.201. The summed E-state index contributed by atoms with van der Waals surface area (Å²) in [6.45, 7) is 9.35. The number of hydrogen-bond donors (Lipinski definition) is 1. The molecule has 3 rings (SSSR count). The Balaban J connectivity index is 1.61. The predicted octanol–water partition coefficient (Wildman–Crippen LogP) is 2.03. The maximum atomic E-state index is 3.64. The van der Waals surface area contributed by atoms with Crippen LogP contribution in [0.1, 0.15) is 30.9 Å². The van der Waals surface area contributed by atoms with Crippen molar-refractivity contribution < 1.29 is 0 Å². The lowest BCUT2D eigenvalue weighted by Crippen LogP contribution is -2.43. The molecule has 3 heteroatoms. The van der Waals surface area contributed by atoms with Gasteiger partial charge in [0.1, 0.15) is 0 Å². The summed E-state index contributed by atoms with van der Waals surface area (Å²) in [5.74, 6) is 0. The first-order valence-electron chi connectivity index (χ1n) is 7.91. The normalized spacial score (nSPS) is 28.9. The highest BCUT2D eigenvalue weighted by Crippen LogP contribution is 2.30. The molecule has 2 aliphatic rings. The van der Waals surface area contributed by atoms with Crippen LogP contribution in [0.4, 0.5) is 0 Å². The van der Waals surface area contributed by atoms with E-state index in [2.05, 4.69) is 53.4 Å². The van der Waals surface area contributed by atoms with Gasteiger partial charge in [-0.3, -0.25) is 4.90 Å². The van der Waals surface area contributed by atoms with E-state index < -0.39 is 0 Å². The molecule has 0 aliphatic carbocycles. The van der Waals surface area contributed by atoms with Crippen LogP contribution in [-0.2, 0) is 12.1 Å². The summed E-state index contributed by atoms with van der Waals surface area (Å²) in [6.07, 6.45) is 2.55. The fraction of sp³-hybridized carbons (Fsp3) is 0.647. The molecule has 2 fully saturated rings. The van der Waals surface area contributed by atoms with Gasteiger partial charge in [0, 0.05) is 38.3 Å². The quantitative estimate of drug-likeness (QED) is 0.909. The van der Waals surface area contributed by atoms with Gasteiger partial charge < -0.3 is 10.2 Å². The molecule has 1 aromatic rings. The molecular formula is C17H27N3. The van der Waals surface area contributed by atoms with Gasteiger partial charge in [0.05, 0.1) is 0 Å². The smallest absolute Gasteiger partial charge is 0.0406 e. The Morgan fingerprint density at radius 2 is 1.80 bits per heavy atom. The van der Waals surface area contributed by atoms with Crippen molar-refractivity contribution in [3.63, 3.8) is 0 Å². The average molecular weight is 273 g/mol. The molecule has 0 saturated carbocycles. The van der Waals surface area contributed by atoms with Gasteiger partial charge in [-0.25, -0.2) is 0 Å². The molecule has 0 aromatic heterocycles. The Morgan fingerprint density at radius 3 is 2.40 bits per heavy atom. The second-order valence-corrected chi connectivity index (χ2v) is 6.64. The molecule has 0 amide bonds. The zero-order valence-corrected chi connectivity index (χ0v) is 12.9. The fourth-order valence-electron chi connectivity index (χ4n) is 3.38. The van der Waals surface area contributed by atoms with E-state index in [1.165, 1.54) is 50.1 Å². The SMILES string of the molecule is CN1CCN(Cc2ccc(C3(C)CCCN3)cc2)CC1. The van der Waals surface area contributed by atoms with E-state index in [0.29, 0.717) is 0 Å². The van der Waals surface area contributed by atoms with Crippen LogP contribution in [0.15, 0.2) is 24.3 Å². The van der Waals surface area contributed by atoms with Crippen molar-refractivity contribution in [2.24, 2.45) is 0 Å². The van der Waals surface area contributed by atoms with Crippen LogP contribution in [0.5, 0.6) is 0 Å². The molecule has 110 valence electrons. The summed E-state index contributed by atoms with van der Waals surface area (Å²) < 4.78 is 0. The molecular weight excluding hydrogens is 246 g/mol. The molecule has 1 aromatic carbocycles. The third-order valence-corrected chi connectivity index (χ3v) is 4.96. The average Bonchev–Trinajstić information content (AvgIpc) is 2.90. The Kier molecular flexibility index (Phi) is 4.11. The standard InChI is InChI=1S/C17H27N3/c1-17(8-3-9-18-17)16-6-4-15(5-7-16)14-20-12-10-19(2)11-13-20/h4-7,18H,3,8-14H2,1-2H3. The van der Waals surface area contributed by atoms with Crippen LogP contribution in [0.25, 0.3) is 0 Å². The Labute approximate surface area is 123 Å². The van der Waals surface area contributed by atoms with Gasteiger partial charge in [-0.05, 0) is 44.5 Å². The highest BCUT2D eigenvalue weighted by Gasteiger charge is 2.29. The summed E-state index contributed by atoms with van der Waals surface area (Å²) in [6, 6.07) is 9.28. The summed E-state index contributed by atoms with van der Waals surface area (Å²) in [4.78, 5) is 4.97. The van der Waals surface area contributed by atoms with Crippen molar-refractivity contribution in [3.05, 3.63) is 35.4 Å². The van der Waals surface area contributed by atoms with Crippen LogP contribution in [0.3, 0.4) is 0 Å². The van der Waals surface area contributed by atoms with Crippen LogP contribution in [0, 0.1) is 0 Å². The number of piperazine rings is 1. The summed E-state index contributed by atoms with van der Waals surface area (Å²) in [5.41, 5.74) is 3.09.